The summed E-state index contributed by atoms with van der Waals surface area (Å²) in [4.78, 5) is 93.4. The number of benzene rings is 3. The quantitative estimate of drug-likeness (QED) is 0.0653. The number of piperidine rings is 2. The molecule has 1 atom stereocenters. The summed E-state index contributed by atoms with van der Waals surface area (Å²) in [5.41, 5.74) is 2.01. The Kier molecular flexibility index (Phi) is 14.3. The molecule has 0 aliphatic carbocycles. The number of hydrogen-bond acceptors (Lipinski definition) is 14. The van der Waals surface area contributed by atoms with Gasteiger partial charge in [0.25, 0.3) is 11.8 Å². The number of carbonyl (C=O) groups excluding carboxylic acids is 6. The monoisotopic (exact) mass is 927 g/mol. The highest BCUT2D eigenvalue weighted by atomic mass is 35.5. The van der Waals surface area contributed by atoms with Crippen LogP contribution in [0.2, 0.25) is 5.02 Å². The average molecular weight is 928 g/mol. The van der Waals surface area contributed by atoms with Crippen LogP contribution in [0.15, 0.2) is 71.9 Å². The van der Waals surface area contributed by atoms with Gasteiger partial charge in [-0.1, -0.05) is 23.7 Å². The van der Waals surface area contributed by atoms with Crippen LogP contribution in [0.5, 0.6) is 5.75 Å². The van der Waals surface area contributed by atoms with Crippen LogP contribution in [0.3, 0.4) is 0 Å². The Balaban J connectivity index is 0.734. The second-order valence-electron chi connectivity index (χ2n) is 15.9. The highest BCUT2D eigenvalue weighted by molar-refractivity contribution is 7.99. The third kappa shape index (κ3) is 10.4. The van der Waals surface area contributed by atoms with Gasteiger partial charge in [-0.2, -0.15) is 0 Å². The molecule has 1 unspecified atom stereocenters. The lowest BCUT2D eigenvalue weighted by atomic mass is 10.0. The highest BCUT2D eigenvalue weighted by Gasteiger charge is 2.45. The molecular formula is C45H47ClFN9O8S. The van der Waals surface area contributed by atoms with Crippen molar-refractivity contribution in [3.05, 3.63) is 89.0 Å². The summed E-state index contributed by atoms with van der Waals surface area (Å²) in [6.45, 7) is 5.34. The van der Waals surface area contributed by atoms with Gasteiger partial charge < -0.3 is 25.0 Å². The molecular weight excluding hydrogens is 881 g/mol. The molecule has 6 amide bonds. The molecule has 0 bridgehead atoms. The van der Waals surface area contributed by atoms with Gasteiger partial charge >= 0.3 is 0 Å². The number of nitrogens with zero attached hydrogens (tertiary/aromatic N) is 6. The molecule has 4 aliphatic rings. The van der Waals surface area contributed by atoms with E-state index in [0.29, 0.717) is 70.2 Å². The molecule has 17 nitrogen and oxygen atoms in total. The van der Waals surface area contributed by atoms with Crippen molar-refractivity contribution in [2.24, 2.45) is 0 Å². The van der Waals surface area contributed by atoms with Gasteiger partial charge in [-0.15, -0.1) is 11.8 Å². The fourth-order valence-electron chi connectivity index (χ4n) is 8.51. The number of imide groups is 2. The summed E-state index contributed by atoms with van der Waals surface area (Å²) < 4.78 is 25.0. The van der Waals surface area contributed by atoms with Gasteiger partial charge in [0.2, 0.25) is 23.6 Å². The third-order valence-corrected chi connectivity index (χ3v) is 13.2. The number of amides is 6. The van der Waals surface area contributed by atoms with Gasteiger partial charge in [0.1, 0.15) is 36.4 Å². The van der Waals surface area contributed by atoms with Crippen LogP contribution < -0.4 is 20.7 Å². The summed E-state index contributed by atoms with van der Waals surface area (Å²) in [5.74, 6) is -1.82. The molecule has 0 radical (unpaired) electrons. The molecule has 65 heavy (non-hydrogen) atoms. The SMILES string of the molecule is COc1cc2ncnc(Nc3ccc(F)c(Cl)c3)c2cc1NC(=O)/C=C/CN1CCC(N2CCN(C(=O)COCCSc3cccc4c3C(=O)N(C3CCC(=O)NC3=O)C4=O)CC2)CC1. The van der Waals surface area contributed by atoms with Gasteiger partial charge in [0, 0.05) is 79.1 Å². The van der Waals surface area contributed by atoms with Crippen LogP contribution in [-0.4, -0.2) is 149 Å². The van der Waals surface area contributed by atoms with E-state index >= 15 is 0 Å². The Hall–Kier alpha value is -5.99. The summed E-state index contributed by atoms with van der Waals surface area (Å²) in [6.07, 6.45) is 6.84. The minimum atomic E-state index is -1.03. The maximum atomic E-state index is 13.7. The zero-order valence-corrected chi connectivity index (χ0v) is 37.1. The minimum Gasteiger partial charge on any atom is -0.494 e. The number of hydrogen-bond donors (Lipinski definition) is 3. The second-order valence-corrected chi connectivity index (χ2v) is 17.5. The van der Waals surface area contributed by atoms with Crippen LogP contribution in [-0.2, 0) is 23.9 Å². The topological polar surface area (TPSA) is 196 Å². The van der Waals surface area contributed by atoms with E-state index in [0.717, 1.165) is 43.9 Å². The Morgan fingerprint density at radius 1 is 0.985 bits per heavy atom. The van der Waals surface area contributed by atoms with Crippen molar-refractivity contribution in [1.82, 2.24) is 34.9 Å². The van der Waals surface area contributed by atoms with Gasteiger partial charge in [0.05, 0.1) is 41.1 Å². The van der Waals surface area contributed by atoms with Crippen molar-refractivity contribution in [1.29, 1.82) is 0 Å². The first-order valence-electron chi connectivity index (χ1n) is 21.3. The van der Waals surface area contributed by atoms with E-state index in [1.807, 2.05) is 11.0 Å². The average Bonchev–Trinajstić information content (AvgIpc) is 3.56. The molecule has 8 rings (SSSR count). The molecule has 0 saturated carbocycles. The predicted octanol–water partition coefficient (Wildman–Crippen LogP) is 4.49. The van der Waals surface area contributed by atoms with Gasteiger partial charge in [-0.3, -0.25) is 48.8 Å². The smallest absolute Gasteiger partial charge is 0.263 e. The molecule has 3 N–H and O–H groups in total. The second kappa shape index (κ2) is 20.5. The van der Waals surface area contributed by atoms with Crippen molar-refractivity contribution in [3.8, 4) is 5.75 Å². The number of methoxy groups -OCH3 is 1. The number of ether oxygens (including phenoxy) is 2. The lowest BCUT2D eigenvalue weighted by Crippen LogP contribution is -2.54. The number of fused-ring (bicyclic) bond motifs is 2. The van der Waals surface area contributed by atoms with E-state index in [9.17, 15) is 33.2 Å². The van der Waals surface area contributed by atoms with Crippen LogP contribution >= 0.6 is 23.4 Å². The Morgan fingerprint density at radius 3 is 2.54 bits per heavy atom. The minimum absolute atomic E-state index is 0.0292. The summed E-state index contributed by atoms with van der Waals surface area (Å²) >= 11 is 7.30. The molecule has 5 heterocycles. The third-order valence-electron chi connectivity index (χ3n) is 11.9. The van der Waals surface area contributed by atoms with E-state index < -0.39 is 35.5 Å². The zero-order valence-electron chi connectivity index (χ0n) is 35.5. The summed E-state index contributed by atoms with van der Waals surface area (Å²) in [5, 5.41) is 8.83. The lowest BCUT2D eigenvalue weighted by molar-refractivity contribution is -0.138. The van der Waals surface area contributed by atoms with Crippen molar-refractivity contribution >= 4 is 86.9 Å². The van der Waals surface area contributed by atoms with E-state index in [-0.39, 0.29) is 54.0 Å². The Bertz CT molecular complexity index is 2550. The van der Waals surface area contributed by atoms with Gasteiger partial charge in [-0.25, -0.2) is 14.4 Å². The number of piperazine rings is 1. The predicted molar refractivity (Wildman–Crippen MR) is 241 cm³/mol. The lowest BCUT2D eigenvalue weighted by Gasteiger charge is -2.42. The molecule has 4 aliphatic heterocycles. The highest BCUT2D eigenvalue weighted by Crippen LogP contribution is 2.36. The number of halogens is 2. The first-order chi connectivity index (χ1) is 31.5. The number of likely N-dealkylation sites (tertiary alicyclic amines) is 1. The van der Waals surface area contributed by atoms with E-state index in [1.165, 1.54) is 43.4 Å². The number of aromatic nitrogens is 2. The zero-order chi connectivity index (χ0) is 45.6. The number of anilines is 3. The fourth-order valence-corrected chi connectivity index (χ4v) is 9.63. The van der Waals surface area contributed by atoms with E-state index in [1.54, 1.807) is 36.4 Å². The molecule has 3 fully saturated rings. The number of nitrogens with one attached hydrogen (secondary N) is 3. The molecule has 0 spiro atoms. The van der Waals surface area contributed by atoms with Crippen molar-refractivity contribution in [2.75, 3.05) is 82.5 Å². The maximum Gasteiger partial charge on any atom is 0.263 e. The first kappa shape index (κ1) is 45.6. The molecule has 340 valence electrons. The molecule has 4 aromatic rings. The van der Waals surface area contributed by atoms with Crippen LogP contribution in [0.1, 0.15) is 46.4 Å². The van der Waals surface area contributed by atoms with Crippen molar-refractivity contribution < 1.29 is 42.6 Å². The van der Waals surface area contributed by atoms with Crippen LogP contribution in [0.4, 0.5) is 21.6 Å². The molecule has 1 aromatic heterocycles. The Morgan fingerprint density at radius 2 is 1.78 bits per heavy atom. The Labute approximate surface area is 383 Å². The fraction of sp³-hybridized carbons (Fsp3) is 0.378. The number of thioether (sulfide) groups is 1. The summed E-state index contributed by atoms with van der Waals surface area (Å²) in [6, 6.07) is 12.1. The standard InChI is InChI=1S/C45H47ClFN9O8S/c1-63-36-24-33-30(42(49-26-48-33)50-27-7-8-32(47)31(46)22-27)23-34(36)51-38(57)6-3-13-53-14-11-28(12-15-53)54-16-18-55(19-17-54)40(59)25-64-20-21-65-37-5-2-4-29-41(37)45(62)56(44(29)61)35-9-10-39(58)52-43(35)60/h2-8,22-24,26,28,35H,9-21,25H2,1H3,(H,51,57)(H,48,49,50)(H,52,58,60)/b6-3+. The van der Waals surface area contributed by atoms with Gasteiger partial charge in [0.15, 0.2) is 0 Å². The maximum absolute atomic E-state index is 13.7. The van der Waals surface area contributed by atoms with Crippen molar-refractivity contribution in [2.45, 2.75) is 42.7 Å². The number of carbonyl (C=O) groups is 6. The van der Waals surface area contributed by atoms with Crippen LogP contribution in [0, 0.1) is 5.82 Å². The van der Waals surface area contributed by atoms with Gasteiger partial charge in [-0.05, 0) is 68.8 Å². The normalized spacial score (nSPS) is 18.7. The number of rotatable bonds is 15. The first-order valence-corrected chi connectivity index (χ1v) is 22.7. The van der Waals surface area contributed by atoms with Crippen molar-refractivity contribution in [3.63, 3.8) is 0 Å². The molecule has 3 aromatic carbocycles. The summed E-state index contributed by atoms with van der Waals surface area (Å²) in [7, 11) is 1.51. The molecule has 3 saturated heterocycles. The largest absolute Gasteiger partial charge is 0.494 e. The van der Waals surface area contributed by atoms with E-state index in [4.69, 9.17) is 21.1 Å². The molecule has 20 heteroatoms. The van der Waals surface area contributed by atoms with Crippen LogP contribution in [0.25, 0.3) is 10.9 Å². The van der Waals surface area contributed by atoms with E-state index in [2.05, 4.69) is 35.7 Å².